The molecule has 3 aromatic rings. The summed E-state index contributed by atoms with van der Waals surface area (Å²) in [5.74, 6) is -1.89. The summed E-state index contributed by atoms with van der Waals surface area (Å²) >= 11 is 0. The van der Waals surface area contributed by atoms with Crippen LogP contribution in [0.3, 0.4) is 0 Å². The molecule has 0 spiro atoms. The third-order valence-electron chi connectivity index (χ3n) is 5.28. The lowest BCUT2D eigenvalue weighted by Gasteiger charge is -2.26. The largest absolute Gasteiger partial charge is 0.478 e. The topological polar surface area (TPSA) is 114 Å². The highest BCUT2D eigenvalue weighted by molar-refractivity contribution is 5.90. The van der Waals surface area contributed by atoms with Gasteiger partial charge >= 0.3 is 11.9 Å². The summed E-state index contributed by atoms with van der Waals surface area (Å²) in [6, 6.07) is 14.0. The number of benzene rings is 2. The number of hydrogen-bond donors (Lipinski definition) is 2. The first-order chi connectivity index (χ1) is 15.5. The Morgan fingerprint density at radius 3 is 2.16 bits per heavy atom. The molecule has 0 aliphatic carbocycles. The summed E-state index contributed by atoms with van der Waals surface area (Å²) in [4.78, 5) is 24.9. The molecule has 9 heteroatoms. The number of carboxylic acid groups (broad SMARTS) is 2. The molecule has 9 nitrogen and oxygen atoms in total. The van der Waals surface area contributed by atoms with E-state index in [4.69, 9.17) is 14.6 Å². The molecule has 2 N–H and O–H groups in total. The summed E-state index contributed by atoms with van der Waals surface area (Å²) in [5, 5.41) is 22.8. The van der Waals surface area contributed by atoms with Crippen LogP contribution in [0.4, 0.5) is 0 Å². The smallest absolute Gasteiger partial charge is 0.342 e. The second kappa shape index (κ2) is 9.63. The van der Waals surface area contributed by atoms with Crippen LogP contribution < -0.4 is 4.74 Å². The van der Waals surface area contributed by atoms with Gasteiger partial charge in [-0.1, -0.05) is 24.3 Å². The van der Waals surface area contributed by atoms with Gasteiger partial charge in [-0.05, 0) is 35.4 Å². The average molecular weight is 437 g/mol. The molecule has 166 valence electrons. The van der Waals surface area contributed by atoms with Gasteiger partial charge in [-0.2, -0.15) is 5.10 Å². The second-order valence-electron chi connectivity index (χ2n) is 7.31. The Kier molecular flexibility index (Phi) is 6.48. The summed E-state index contributed by atoms with van der Waals surface area (Å²) in [6.07, 6.45) is 1.28. The molecule has 1 fully saturated rings. The molecule has 0 bridgehead atoms. The van der Waals surface area contributed by atoms with E-state index in [1.807, 2.05) is 24.3 Å². The molecule has 2 heterocycles. The van der Waals surface area contributed by atoms with Crippen molar-refractivity contribution in [3.63, 3.8) is 0 Å². The Morgan fingerprint density at radius 1 is 0.938 bits per heavy atom. The second-order valence-corrected chi connectivity index (χ2v) is 7.31. The molecule has 0 radical (unpaired) electrons. The monoisotopic (exact) mass is 437 g/mol. The van der Waals surface area contributed by atoms with Gasteiger partial charge in [-0.25, -0.2) is 14.3 Å². The molecule has 0 amide bonds. The van der Waals surface area contributed by atoms with Crippen LogP contribution in [0, 0.1) is 0 Å². The van der Waals surface area contributed by atoms with Crippen LogP contribution in [0.2, 0.25) is 0 Å². The van der Waals surface area contributed by atoms with Gasteiger partial charge in [0, 0.05) is 19.6 Å². The number of morpholine rings is 1. The molecular weight excluding hydrogens is 414 g/mol. The van der Waals surface area contributed by atoms with Crippen molar-refractivity contribution in [1.82, 2.24) is 14.7 Å². The molecule has 32 heavy (non-hydrogen) atoms. The van der Waals surface area contributed by atoms with Gasteiger partial charge in [-0.3, -0.25) is 4.90 Å². The van der Waals surface area contributed by atoms with E-state index >= 15 is 0 Å². The van der Waals surface area contributed by atoms with Crippen LogP contribution in [0.5, 0.6) is 5.88 Å². The van der Waals surface area contributed by atoms with E-state index in [2.05, 4.69) is 10.00 Å². The maximum atomic E-state index is 11.6. The van der Waals surface area contributed by atoms with Crippen molar-refractivity contribution in [2.75, 3.05) is 39.5 Å². The number of nitrogens with zero attached hydrogens (tertiary/aromatic N) is 3. The first-order valence-corrected chi connectivity index (χ1v) is 10.2. The van der Waals surface area contributed by atoms with Crippen molar-refractivity contribution in [2.24, 2.45) is 0 Å². The van der Waals surface area contributed by atoms with E-state index in [0.29, 0.717) is 32.1 Å². The van der Waals surface area contributed by atoms with Crippen molar-refractivity contribution in [2.45, 2.75) is 0 Å². The molecule has 4 rings (SSSR count). The fourth-order valence-electron chi connectivity index (χ4n) is 3.50. The van der Waals surface area contributed by atoms with E-state index in [-0.39, 0.29) is 17.0 Å². The molecule has 1 aliphatic rings. The Balaban J connectivity index is 1.52. The van der Waals surface area contributed by atoms with E-state index in [0.717, 1.165) is 24.2 Å². The fourth-order valence-corrected chi connectivity index (χ4v) is 3.50. The first-order valence-electron chi connectivity index (χ1n) is 10.2. The van der Waals surface area contributed by atoms with Crippen LogP contribution in [-0.2, 0) is 4.74 Å². The Morgan fingerprint density at radius 2 is 1.56 bits per heavy atom. The quantitative estimate of drug-likeness (QED) is 0.553. The van der Waals surface area contributed by atoms with Gasteiger partial charge < -0.3 is 19.7 Å². The Labute approximate surface area is 184 Å². The predicted octanol–water partition coefficient (Wildman–Crippen LogP) is 2.65. The summed E-state index contributed by atoms with van der Waals surface area (Å²) in [5.41, 5.74) is 2.65. The van der Waals surface area contributed by atoms with Crippen LogP contribution in [0.25, 0.3) is 16.8 Å². The highest BCUT2D eigenvalue weighted by Gasteiger charge is 2.20. The minimum Gasteiger partial charge on any atom is -0.478 e. The number of rotatable bonds is 8. The third kappa shape index (κ3) is 4.79. The van der Waals surface area contributed by atoms with Gasteiger partial charge in [0.05, 0.1) is 30.7 Å². The zero-order chi connectivity index (χ0) is 22.5. The zero-order valence-electron chi connectivity index (χ0n) is 17.3. The molecule has 2 aromatic carbocycles. The number of carboxylic acids is 2. The molecule has 1 saturated heterocycles. The van der Waals surface area contributed by atoms with Crippen molar-refractivity contribution < 1.29 is 29.3 Å². The molecule has 1 aromatic heterocycles. The predicted molar refractivity (Wildman–Crippen MR) is 116 cm³/mol. The number of ether oxygens (including phenoxy) is 2. The molecule has 0 atom stereocenters. The van der Waals surface area contributed by atoms with Crippen molar-refractivity contribution in [3.8, 4) is 22.7 Å². The normalized spacial score (nSPS) is 14.2. The van der Waals surface area contributed by atoms with Crippen molar-refractivity contribution >= 4 is 11.9 Å². The van der Waals surface area contributed by atoms with E-state index in [9.17, 15) is 14.7 Å². The van der Waals surface area contributed by atoms with E-state index in [1.54, 1.807) is 24.3 Å². The van der Waals surface area contributed by atoms with Crippen LogP contribution in [0.1, 0.15) is 20.7 Å². The highest BCUT2D eigenvalue weighted by atomic mass is 16.5. The van der Waals surface area contributed by atoms with E-state index in [1.165, 1.54) is 10.9 Å². The van der Waals surface area contributed by atoms with Crippen LogP contribution in [0.15, 0.2) is 54.7 Å². The molecule has 1 aliphatic heterocycles. The maximum absolute atomic E-state index is 11.6. The number of hydrogen-bond acceptors (Lipinski definition) is 6. The minimum absolute atomic E-state index is 0.000290. The summed E-state index contributed by atoms with van der Waals surface area (Å²) in [6.45, 7) is 4.01. The Hall–Kier alpha value is -3.69. The van der Waals surface area contributed by atoms with Crippen LogP contribution in [-0.4, -0.2) is 76.3 Å². The number of aromatic carboxylic acids is 2. The lowest BCUT2D eigenvalue weighted by atomic mass is 10.0. The van der Waals surface area contributed by atoms with Gasteiger partial charge in [0.2, 0.25) is 5.88 Å². The average Bonchev–Trinajstić information content (AvgIpc) is 3.24. The SMILES string of the molecule is O=C(O)c1ccc(-c2ccc(-n3ncc(C(=O)O)c3OCCN3CCOCC3)cc2)cc1. The van der Waals surface area contributed by atoms with Crippen molar-refractivity contribution in [3.05, 3.63) is 65.9 Å². The maximum Gasteiger partial charge on any atom is 0.342 e. The van der Waals surface area contributed by atoms with Crippen LogP contribution >= 0.6 is 0 Å². The van der Waals surface area contributed by atoms with Gasteiger partial charge in [0.15, 0.2) is 0 Å². The number of aromatic nitrogens is 2. The standard InChI is InChI=1S/C23H23N3O6/c27-22(28)18-3-1-16(2-4-18)17-5-7-19(8-6-17)26-21(20(15-24-26)23(29)30)32-14-11-25-9-12-31-13-10-25/h1-8,15H,9-14H2,(H,27,28)(H,29,30). The van der Waals surface area contributed by atoms with Crippen molar-refractivity contribution in [1.29, 1.82) is 0 Å². The molecular formula is C23H23N3O6. The molecule has 0 unspecified atom stereocenters. The first kappa shape index (κ1) is 21.5. The fraction of sp³-hybridized carbons (Fsp3) is 0.261. The zero-order valence-corrected chi connectivity index (χ0v) is 17.3. The van der Waals surface area contributed by atoms with E-state index < -0.39 is 11.9 Å². The lowest BCUT2D eigenvalue weighted by Crippen LogP contribution is -2.38. The summed E-state index contributed by atoms with van der Waals surface area (Å²) < 4.78 is 12.7. The Bertz CT molecular complexity index is 1090. The summed E-state index contributed by atoms with van der Waals surface area (Å²) in [7, 11) is 0. The number of carbonyl (C=O) groups is 2. The van der Waals surface area contributed by atoms with Gasteiger partial charge in [0.25, 0.3) is 0 Å². The van der Waals surface area contributed by atoms with Gasteiger partial charge in [-0.15, -0.1) is 0 Å². The third-order valence-corrected chi connectivity index (χ3v) is 5.28. The lowest BCUT2D eigenvalue weighted by molar-refractivity contribution is 0.0317. The molecule has 0 saturated carbocycles. The van der Waals surface area contributed by atoms with Gasteiger partial charge in [0.1, 0.15) is 12.2 Å². The minimum atomic E-state index is -1.10. The highest BCUT2D eigenvalue weighted by Crippen LogP contribution is 2.26.